The Labute approximate surface area is 160 Å². The lowest BCUT2D eigenvalue weighted by Gasteiger charge is -2.08. The van der Waals surface area contributed by atoms with E-state index in [1.807, 2.05) is 0 Å². The minimum absolute atomic E-state index is 0.0618. The van der Waals surface area contributed by atoms with Crippen LogP contribution in [0.3, 0.4) is 0 Å². The van der Waals surface area contributed by atoms with Crippen molar-refractivity contribution in [3.63, 3.8) is 0 Å². The van der Waals surface area contributed by atoms with Crippen molar-refractivity contribution in [1.82, 2.24) is 15.1 Å². The highest BCUT2D eigenvalue weighted by Crippen LogP contribution is 2.27. The van der Waals surface area contributed by atoms with Crippen LogP contribution in [0.15, 0.2) is 42.2 Å². The van der Waals surface area contributed by atoms with Gasteiger partial charge >= 0.3 is 5.97 Å². The van der Waals surface area contributed by atoms with Gasteiger partial charge in [0.1, 0.15) is 5.75 Å². The molecule has 1 heterocycles. The summed E-state index contributed by atoms with van der Waals surface area (Å²) < 4.78 is 11.7. The summed E-state index contributed by atoms with van der Waals surface area (Å²) in [6, 6.07) is 6.40. The summed E-state index contributed by atoms with van der Waals surface area (Å²) in [5, 5.41) is 7.55. The van der Waals surface area contributed by atoms with E-state index >= 15 is 0 Å². The number of carbonyl (C=O) groups excluding carboxylic acids is 2. The topological polar surface area (TPSA) is 82.5 Å². The second-order valence-electron chi connectivity index (χ2n) is 5.12. The van der Waals surface area contributed by atoms with Gasteiger partial charge in [0.15, 0.2) is 12.4 Å². The van der Waals surface area contributed by atoms with E-state index in [-0.39, 0.29) is 19.0 Å². The first kappa shape index (κ1) is 19.8. The fourth-order valence-corrected chi connectivity index (χ4v) is 2.39. The molecule has 138 valence electrons. The molecule has 0 saturated heterocycles. The molecule has 0 aliphatic heterocycles. The van der Waals surface area contributed by atoms with E-state index in [1.54, 1.807) is 38.2 Å². The monoisotopic (exact) mass is 397 g/mol. The second-order valence-corrected chi connectivity index (χ2v) is 5.97. The Kier molecular flexibility index (Phi) is 7.06. The molecule has 0 aliphatic carbocycles. The molecular weight excluding hydrogens is 381 g/mol. The van der Waals surface area contributed by atoms with Crippen molar-refractivity contribution in [1.29, 1.82) is 0 Å². The zero-order valence-electron chi connectivity index (χ0n) is 14.2. The maximum absolute atomic E-state index is 12.1. The first-order chi connectivity index (χ1) is 12.4. The molecule has 7 nitrogen and oxygen atoms in total. The number of nitrogens with one attached hydrogen (secondary N) is 1. The van der Waals surface area contributed by atoms with Crippen LogP contribution in [-0.4, -0.2) is 28.3 Å². The fourth-order valence-electron chi connectivity index (χ4n) is 1.92. The highest BCUT2D eigenvalue weighted by atomic mass is 35.5. The number of hydrogen-bond donors (Lipinski definition) is 1. The quantitative estimate of drug-likeness (QED) is 0.571. The van der Waals surface area contributed by atoms with Gasteiger partial charge in [-0.25, -0.2) is 9.48 Å². The lowest BCUT2D eigenvalue weighted by atomic mass is 10.3. The van der Waals surface area contributed by atoms with Gasteiger partial charge in [-0.2, -0.15) is 5.10 Å². The van der Waals surface area contributed by atoms with E-state index < -0.39 is 11.9 Å². The van der Waals surface area contributed by atoms with Crippen LogP contribution in [0.5, 0.6) is 5.75 Å². The maximum atomic E-state index is 12.1. The number of allylic oxidation sites excluding steroid dienone is 1. The predicted octanol–water partition coefficient (Wildman–Crippen LogP) is 3.42. The minimum atomic E-state index is -0.524. The van der Waals surface area contributed by atoms with Gasteiger partial charge in [0, 0.05) is 23.0 Å². The standard InChI is InChI=1S/C17H17Cl2N3O4/c1-3-25-16(23)8-11(2)20-17(24)14-6-7-22(21-14)10-26-15-5-4-12(18)9-13(15)19/h4-9H,3,10H2,1-2H3,(H,20,24)/b11-8+. The van der Waals surface area contributed by atoms with Crippen molar-refractivity contribution in [3.05, 3.63) is 58.0 Å². The number of esters is 1. The van der Waals surface area contributed by atoms with Crippen LogP contribution in [-0.2, 0) is 16.3 Å². The van der Waals surface area contributed by atoms with Gasteiger partial charge in [-0.3, -0.25) is 4.79 Å². The van der Waals surface area contributed by atoms with Gasteiger partial charge in [0.25, 0.3) is 5.91 Å². The number of amides is 1. The zero-order valence-corrected chi connectivity index (χ0v) is 15.7. The van der Waals surface area contributed by atoms with Crippen LogP contribution >= 0.6 is 23.2 Å². The molecule has 0 bridgehead atoms. The van der Waals surface area contributed by atoms with E-state index in [9.17, 15) is 9.59 Å². The number of aromatic nitrogens is 2. The van der Waals surface area contributed by atoms with Crippen molar-refractivity contribution in [2.45, 2.75) is 20.6 Å². The number of rotatable bonds is 7. The van der Waals surface area contributed by atoms with Crippen molar-refractivity contribution >= 4 is 35.1 Å². The average Bonchev–Trinajstić information content (AvgIpc) is 3.03. The third-order valence-electron chi connectivity index (χ3n) is 3.05. The Hall–Kier alpha value is -2.51. The smallest absolute Gasteiger partial charge is 0.332 e. The van der Waals surface area contributed by atoms with Gasteiger partial charge in [-0.1, -0.05) is 23.2 Å². The van der Waals surface area contributed by atoms with Crippen molar-refractivity contribution < 1.29 is 19.1 Å². The predicted molar refractivity (Wildman–Crippen MR) is 97.2 cm³/mol. The highest BCUT2D eigenvalue weighted by Gasteiger charge is 2.11. The summed E-state index contributed by atoms with van der Waals surface area (Å²) in [6.07, 6.45) is 2.78. The average molecular weight is 398 g/mol. The number of nitrogens with zero attached hydrogens (tertiary/aromatic N) is 2. The molecule has 0 unspecified atom stereocenters. The third kappa shape index (κ3) is 5.79. The molecule has 26 heavy (non-hydrogen) atoms. The second kappa shape index (κ2) is 9.26. The lowest BCUT2D eigenvalue weighted by Crippen LogP contribution is -2.23. The maximum Gasteiger partial charge on any atom is 0.332 e. The van der Waals surface area contributed by atoms with E-state index in [0.29, 0.717) is 21.5 Å². The molecule has 9 heteroatoms. The molecule has 1 aromatic heterocycles. The normalized spacial score (nSPS) is 11.2. The zero-order chi connectivity index (χ0) is 19.1. The molecule has 1 amide bonds. The van der Waals surface area contributed by atoms with Crippen molar-refractivity contribution in [3.8, 4) is 5.75 Å². The summed E-state index contributed by atoms with van der Waals surface area (Å²) >= 11 is 11.9. The Bertz CT molecular complexity index is 833. The minimum Gasteiger partial charge on any atom is -0.470 e. The first-order valence-electron chi connectivity index (χ1n) is 7.66. The first-order valence-corrected chi connectivity index (χ1v) is 8.42. The van der Waals surface area contributed by atoms with Crippen LogP contribution in [0.4, 0.5) is 0 Å². The lowest BCUT2D eigenvalue weighted by molar-refractivity contribution is -0.137. The van der Waals surface area contributed by atoms with E-state index in [4.69, 9.17) is 32.7 Å². The number of halogens is 2. The third-order valence-corrected chi connectivity index (χ3v) is 3.58. The summed E-state index contributed by atoms with van der Waals surface area (Å²) in [7, 11) is 0. The summed E-state index contributed by atoms with van der Waals surface area (Å²) in [5.74, 6) is -0.527. The summed E-state index contributed by atoms with van der Waals surface area (Å²) in [4.78, 5) is 23.5. The molecule has 2 rings (SSSR count). The van der Waals surface area contributed by atoms with Crippen LogP contribution in [0, 0.1) is 0 Å². The van der Waals surface area contributed by atoms with Gasteiger partial charge in [0.05, 0.1) is 11.6 Å². The highest BCUT2D eigenvalue weighted by molar-refractivity contribution is 6.35. The molecule has 2 aromatic rings. The van der Waals surface area contributed by atoms with Crippen LogP contribution in [0.2, 0.25) is 10.0 Å². The Balaban J connectivity index is 1.94. The van der Waals surface area contributed by atoms with E-state index in [2.05, 4.69) is 10.4 Å². The SMILES string of the molecule is CCOC(=O)/C=C(\C)NC(=O)c1ccn(COc2ccc(Cl)cc2Cl)n1. The van der Waals surface area contributed by atoms with Gasteiger partial charge in [-0.15, -0.1) is 0 Å². The van der Waals surface area contributed by atoms with Gasteiger partial charge in [-0.05, 0) is 38.1 Å². The molecule has 1 aromatic carbocycles. The summed E-state index contributed by atoms with van der Waals surface area (Å²) in [6.45, 7) is 3.61. The molecular formula is C17H17Cl2N3O4. The number of ether oxygens (including phenoxy) is 2. The van der Waals surface area contributed by atoms with Crippen LogP contribution < -0.4 is 10.1 Å². The molecule has 1 N–H and O–H groups in total. The largest absolute Gasteiger partial charge is 0.470 e. The molecule has 0 radical (unpaired) electrons. The van der Waals surface area contributed by atoms with E-state index in [1.165, 1.54) is 16.8 Å². The Morgan fingerprint density at radius 1 is 1.31 bits per heavy atom. The van der Waals surface area contributed by atoms with Crippen LogP contribution in [0.25, 0.3) is 0 Å². The molecule has 0 atom stereocenters. The van der Waals surface area contributed by atoms with E-state index in [0.717, 1.165) is 0 Å². The van der Waals surface area contributed by atoms with Crippen LogP contribution in [0.1, 0.15) is 24.3 Å². The Morgan fingerprint density at radius 2 is 2.08 bits per heavy atom. The van der Waals surface area contributed by atoms with Gasteiger partial charge in [0.2, 0.25) is 0 Å². The molecule has 0 spiro atoms. The fraction of sp³-hybridized carbons (Fsp3) is 0.235. The Morgan fingerprint density at radius 3 is 2.77 bits per heavy atom. The van der Waals surface area contributed by atoms with Crippen molar-refractivity contribution in [2.24, 2.45) is 0 Å². The molecule has 0 fully saturated rings. The number of benzene rings is 1. The molecule has 0 saturated carbocycles. The van der Waals surface area contributed by atoms with Gasteiger partial charge < -0.3 is 14.8 Å². The van der Waals surface area contributed by atoms with Crippen molar-refractivity contribution in [2.75, 3.05) is 6.61 Å². The molecule has 0 aliphatic rings. The number of hydrogen-bond acceptors (Lipinski definition) is 5. The summed E-state index contributed by atoms with van der Waals surface area (Å²) in [5.41, 5.74) is 0.527. The number of carbonyl (C=O) groups is 2.